The van der Waals surface area contributed by atoms with E-state index in [9.17, 15) is 9.59 Å². The van der Waals surface area contributed by atoms with Gasteiger partial charge in [-0.25, -0.2) is 14.6 Å². The van der Waals surface area contributed by atoms with Crippen LogP contribution in [0, 0.1) is 12.3 Å². The average Bonchev–Trinajstić information content (AvgIpc) is 2.78. The fourth-order valence-electron chi connectivity index (χ4n) is 2.87. The molecule has 1 atom stereocenters. The van der Waals surface area contributed by atoms with E-state index in [2.05, 4.69) is 25.9 Å². The summed E-state index contributed by atoms with van der Waals surface area (Å²) in [6.45, 7) is 1.88. The van der Waals surface area contributed by atoms with Crippen LogP contribution in [0.25, 0.3) is 0 Å². The van der Waals surface area contributed by atoms with Gasteiger partial charge in [-0.1, -0.05) is 30.3 Å². The number of rotatable bonds is 7. The first-order chi connectivity index (χ1) is 15.0. The second-order valence-corrected chi connectivity index (χ2v) is 6.58. The molecule has 0 radical (unpaired) electrons. The van der Waals surface area contributed by atoms with Crippen LogP contribution in [0.3, 0.4) is 0 Å². The van der Waals surface area contributed by atoms with Gasteiger partial charge in [0, 0.05) is 29.4 Å². The molecule has 0 bridgehead atoms. The Bertz CT molecular complexity index is 1090. The standard InChI is InChI=1S/C22H22N6O3/c1-14-10-17(8-9-24-14)26-18-13-25-19(11-16(18)12-23)27-22(30)28-20(21(29)31-2)15-6-4-3-5-7-15/h3-13,20,23H,1-2H3,(H,24,26)(H2,25,27,28,30)/t20-/m0/s1. The molecular formula is C22H22N6O3. The Kier molecular flexibility index (Phi) is 6.89. The molecule has 0 aliphatic heterocycles. The van der Waals surface area contributed by atoms with Gasteiger partial charge in [0.15, 0.2) is 6.04 Å². The molecule has 0 aliphatic carbocycles. The molecule has 4 N–H and O–H groups in total. The molecule has 9 nitrogen and oxygen atoms in total. The topological polar surface area (TPSA) is 129 Å². The van der Waals surface area contributed by atoms with E-state index in [1.54, 1.807) is 42.6 Å². The van der Waals surface area contributed by atoms with Crippen molar-refractivity contribution in [2.75, 3.05) is 17.7 Å². The number of nitrogens with one attached hydrogen (secondary N) is 4. The Labute approximate surface area is 179 Å². The van der Waals surface area contributed by atoms with Gasteiger partial charge >= 0.3 is 12.0 Å². The minimum absolute atomic E-state index is 0.226. The number of pyridine rings is 2. The summed E-state index contributed by atoms with van der Waals surface area (Å²) in [5.41, 5.74) is 3.36. The molecule has 0 spiro atoms. The molecule has 0 aliphatic rings. The summed E-state index contributed by atoms with van der Waals surface area (Å²) in [4.78, 5) is 33.0. The van der Waals surface area contributed by atoms with Crippen molar-refractivity contribution in [3.63, 3.8) is 0 Å². The lowest BCUT2D eigenvalue weighted by atomic mass is 10.1. The molecule has 0 saturated heterocycles. The maximum absolute atomic E-state index is 12.5. The normalized spacial score (nSPS) is 11.2. The highest BCUT2D eigenvalue weighted by atomic mass is 16.5. The summed E-state index contributed by atoms with van der Waals surface area (Å²) >= 11 is 0. The number of nitrogens with zero attached hydrogens (tertiary/aromatic N) is 2. The fraction of sp³-hybridized carbons (Fsp3) is 0.136. The number of anilines is 3. The van der Waals surface area contributed by atoms with E-state index in [4.69, 9.17) is 10.1 Å². The molecule has 3 aromatic rings. The highest BCUT2D eigenvalue weighted by Gasteiger charge is 2.23. The zero-order valence-electron chi connectivity index (χ0n) is 17.0. The number of urea groups is 1. The van der Waals surface area contributed by atoms with Crippen molar-refractivity contribution in [3.05, 3.63) is 77.7 Å². The van der Waals surface area contributed by atoms with Crippen molar-refractivity contribution in [2.45, 2.75) is 13.0 Å². The lowest BCUT2D eigenvalue weighted by Crippen LogP contribution is -2.37. The molecule has 2 aromatic heterocycles. The van der Waals surface area contributed by atoms with Crippen LogP contribution < -0.4 is 16.0 Å². The lowest BCUT2D eigenvalue weighted by Gasteiger charge is -2.17. The third-order valence-electron chi connectivity index (χ3n) is 4.35. The molecule has 3 rings (SSSR count). The van der Waals surface area contributed by atoms with Gasteiger partial charge in [0.25, 0.3) is 0 Å². The number of ether oxygens (including phenoxy) is 1. The summed E-state index contributed by atoms with van der Waals surface area (Å²) in [6, 6.07) is 12.4. The zero-order valence-corrected chi connectivity index (χ0v) is 17.0. The second-order valence-electron chi connectivity index (χ2n) is 6.58. The van der Waals surface area contributed by atoms with Crippen LogP contribution in [-0.4, -0.2) is 35.3 Å². The molecule has 2 heterocycles. The first-order valence-corrected chi connectivity index (χ1v) is 9.40. The molecule has 1 aromatic carbocycles. The Morgan fingerprint density at radius 2 is 1.90 bits per heavy atom. The molecule has 0 saturated carbocycles. The number of carbonyl (C=O) groups is 2. The average molecular weight is 418 g/mol. The maximum Gasteiger partial charge on any atom is 0.333 e. The summed E-state index contributed by atoms with van der Waals surface area (Å²) in [5.74, 6) is -0.370. The fourth-order valence-corrected chi connectivity index (χ4v) is 2.87. The van der Waals surface area contributed by atoms with Crippen LogP contribution in [0.15, 0.2) is 60.9 Å². The number of methoxy groups -OCH3 is 1. The second kappa shape index (κ2) is 9.97. The Morgan fingerprint density at radius 3 is 2.58 bits per heavy atom. The van der Waals surface area contributed by atoms with E-state index in [1.807, 2.05) is 19.1 Å². The van der Waals surface area contributed by atoms with Crippen molar-refractivity contribution < 1.29 is 14.3 Å². The minimum atomic E-state index is -0.968. The number of benzene rings is 1. The third kappa shape index (κ3) is 5.63. The van der Waals surface area contributed by atoms with E-state index in [1.165, 1.54) is 13.3 Å². The van der Waals surface area contributed by atoms with Gasteiger partial charge in [-0.3, -0.25) is 10.3 Å². The van der Waals surface area contributed by atoms with Crippen molar-refractivity contribution in [3.8, 4) is 0 Å². The predicted molar refractivity (Wildman–Crippen MR) is 118 cm³/mol. The van der Waals surface area contributed by atoms with E-state index in [0.29, 0.717) is 16.8 Å². The van der Waals surface area contributed by atoms with Gasteiger partial charge < -0.3 is 20.8 Å². The molecule has 0 unspecified atom stereocenters. The number of hydrogen-bond acceptors (Lipinski definition) is 7. The highest BCUT2D eigenvalue weighted by molar-refractivity contribution is 5.94. The largest absolute Gasteiger partial charge is 0.467 e. The SMILES string of the molecule is COC(=O)[C@@H](NC(=O)Nc1cc(C=N)c(Nc2ccnc(C)c2)cn1)c1ccccc1. The summed E-state index contributed by atoms with van der Waals surface area (Å²) < 4.78 is 4.80. The van der Waals surface area contributed by atoms with E-state index in [0.717, 1.165) is 17.6 Å². The minimum Gasteiger partial charge on any atom is -0.467 e. The summed E-state index contributed by atoms with van der Waals surface area (Å²) in [6.07, 6.45) is 4.35. The Balaban J connectivity index is 1.73. The smallest absolute Gasteiger partial charge is 0.333 e. The molecule has 2 amide bonds. The van der Waals surface area contributed by atoms with Gasteiger partial charge in [0.1, 0.15) is 5.82 Å². The van der Waals surface area contributed by atoms with Gasteiger partial charge in [-0.05, 0) is 30.7 Å². The van der Waals surface area contributed by atoms with Crippen LogP contribution in [0.4, 0.5) is 22.0 Å². The van der Waals surface area contributed by atoms with Gasteiger partial charge in [-0.15, -0.1) is 0 Å². The Hall–Kier alpha value is -4.27. The predicted octanol–water partition coefficient (Wildman–Crippen LogP) is 3.56. The van der Waals surface area contributed by atoms with Crippen molar-refractivity contribution in [1.82, 2.24) is 15.3 Å². The van der Waals surface area contributed by atoms with Crippen LogP contribution in [0.1, 0.15) is 22.9 Å². The lowest BCUT2D eigenvalue weighted by molar-refractivity contribution is -0.143. The number of carbonyl (C=O) groups excluding carboxylic acids is 2. The summed E-state index contributed by atoms with van der Waals surface area (Å²) in [5, 5.41) is 16.0. The first kappa shape index (κ1) is 21.4. The third-order valence-corrected chi connectivity index (χ3v) is 4.35. The number of hydrogen-bond donors (Lipinski definition) is 4. The highest BCUT2D eigenvalue weighted by Crippen LogP contribution is 2.22. The quantitative estimate of drug-likeness (QED) is 0.343. The van der Waals surface area contributed by atoms with Crippen LogP contribution in [-0.2, 0) is 9.53 Å². The molecule has 158 valence electrons. The zero-order chi connectivity index (χ0) is 22.2. The van der Waals surface area contributed by atoms with E-state index < -0.39 is 18.0 Å². The van der Waals surface area contributed by atoms with Crippen molar-refractivity contribution >= 4 is 35.4 Å². The molecule has 31 heavy (non-hydrogen) atoms. The molecule has 0 fully saturated rings. The monoisotopic (exact) mass is 418 g/mol. The van der Waals surface area contributed by atoms with Crippen LogP contribution in [0.5, 0.6) is 0 Å². The molecular weight excluding hydrogens is 396 g/mol. The number of esters is 1. The first-order valence-electron chi connectivity index (χ1n) is 9.40. The van der Waals surface area contributed by atoms with E-state index >= 15 is 0 Å². The van der Waals surface area contributed by atoms with Crippen molar-refractivity contribution in [1.29, 1.82) is 5.41 Å². The van der Waals surface area contributed by atoms with Gasteiger partial charge in [0.2, 0.25) is 0 Å². The van der Waals surface area contributed by atoms with Crippen molar-refractivity contribution in [2.24, 2.45) is 0 Å². The Morgan fingerprint density at radius 1 is 1.13 bits per heavy atom. The van der Waals surface area contributed by atoms with E-state index in [-0.39, 0.29) is 5.82 Å². The van der Waals surface area contributed by atoms with Gasteiger partial charge in [0.05, 0.1) is 19.0 Å². The number of aromatic nitrogens is 2. The summed E-state index contributed by atoms with van der Waals surface area (Å²) in [7, 11) is 1.26. The van der Waals surface area contributed by atoms with Crippen LogP contribution in [0.2, 0.25) is 0 Å². The van der Waals surface area contributed by atoms with Gasteiger partial charge in [-0.2, -0.15) is 0 Å². The maximum atomic E-state index is 12.5. The number of aryl methyl sites for hydroxylation is 1. The molecule has 9 heteroatoms. The number of amides is 2. The van der Waals surface area contributed by atoms with Crippen LogP contribution >= 0.6 is 0 Å².